The molecule has 3 N–H and O–H groups in total. The lowest BCUT2D eigenvalue weighted by Crippen LogP contribution is -2.43. The summed E-state index contributed by atoms with van der Waals surface area (Å²) in [6.45, 7) is 2.98. The Hall–Kier alpha value is -1.63. The summed E-state index contributed by atoms with van der Waals surface area (Å²) < 4.78 is 5.44. The van der Waals surface area contributed by atoms with Gasteiger partial charge in [0, 0.05) is 23.9 Å². The molecule has 1 aromatic rings. The molecular formula is C16H21ClN2O4. The summed E-state index contributed by atoms with van der Waals surface area (Å²) in [6.07, 6.45) is 1.76. The molecule has 7 heteroatoms. The van der Waals surface area contributed by atoms with Crippen LogP contribution in [0.3, 0.4) is 0 Å². The Morgan fingerprint density at radius 1 is 1.48 bits per heavy atom. The fourth-order valence-corrected chi connectivity index (χ4v) is 2.61. The molecule has 1 aliphatic heterocycles. The van der Waals surface area contributed by atoms with E-state index in [1.807, 2.05) is 6.92 Å². The van der Waals surface area contributed by atoms with E-state index in [1.165, 1.54) is 0 Å². The molecule has 23 heavy (non-hydrogen) atoms. The number of carboxylic acids is 1. The van der Waals surface area contributed by atoms with Crippen LogP contribution >= 0.6 is 11.6 Å². The average Bonchev–Trinajstić information content (AvgIpc) is 3.00. The van der Waals surface area contributed by atoms with E-state index in [2.05, 4.69) is 10.6 Å². The van der Waals surface area contributed by atoms with Gasteiger partial charge < -0.3 is 20.5 Å². The molecule has 6 nitrogen and oxygen atoms in total. The van der Waals surface area contributed by atoms with Gasteiger partial charge in [-0.25, -0.2) is 0 Å². The van der Waals surface area contributed by atoms with Crippen molar-refractivity contribution in [3.05, 3.63) is 28.8 Å². The van der Waals surface area contributed by atoms with Crippen LogP contribution in [0.15, 0.2) is 18.2 Å². The highest BCUT2D eigenvalue weighted by Crippen LogP contribution is 2.20. The quantitative estimate of drug-likeness (QED) is 0.708. The van der Waals surface area contributed by atoms with Gasteiger partial charge in [0.25, 0.3) is 0 Å². The summed E-state index contributed by atoms with van der Waals surface area (Å²) in [7, 11) is 0. The molecule has 0 aromatic heterocycles. The van der Waals surface area contributed by atoms with Crippen molar-refractivity contribution in [2.75, 3.05) is 18.5 Å². The first-order valence-electron chi connectivity index (χ1n) is 7.59. The van der Waals surface area contributed by atoms with Crippen molar-refractivity contribution in [1.29, 1.82) is 0 Å². The van der Waals surface area contributed by atoms with Gasteiger partial charge in [0.1, 0.15) is 6.04 Å². The van der Waals surface area contributed by atoms with Gasteiger partial charge in [-0.2, -0.15) is 0 Å². The molecule has 0 bridgehead atoms. The van der Waals surface area contributed by atoms with Gasteiger partial charge in [-0.3, -0.25) is 9.59 Å². The molecule has 1 aliphatic rings. The molecule has 1 heterocycles. The summed E-state index contributed by atoms with van der Waals surface area (Å²) >= 11 is 5.91. The van der Waals surface area contributed by atoms with Crippen molar-refractivity contribution < 1.29 is 19.4 Å². The number of rotatable bonds is 7. The predicted octanol–water partition coefficient (Wildman–Crippen LogP) is 2.20. The van der Waals surface area contributed by atoms with Crippen molar-refractivity contribution in [2.24, 2.45) is 0 Å². The van der Waals surface area contributed by atoms with Crippen LogP contribution in [-0.4, -0.2) is 42.3 Å². The van der Waals surface area contributed by atoms with Gasteiger partial charge in [0.2, 0.25) is 5.91 Å². The number of anilines is 1. The summed E-state index contributed by atoms with van der Waals surface area (Å²) in [5.74, 6) is -1.43. The second-order valence-electron chi connectivity index (χ2n) is 5.65. The lowest BCUT2D eigenvalue weighted by atomic mass is 10.1. The zero-order chi connectivity index (χ0) is 16.8. The van der Waals surface area contributed by atoms with E-state index in [-0.39, 0.29) is 18.4 Å². The number of hydrogen-bond donors (Lipinski definition) is 3. The Bertz CT molecular complexity index is 573. The van der Waals surface area contributed by atoms with Crippen LogP contribution in [0.4, 0.5) is 5.69 Å². The zero-order valence-electron chi connectivity index (χ0n) is 13.0. The lowest BCUT2D eigenvalue weighted by Gasteiger charge is -2.17. The van der Waals surface area contributed by atoms with Crippen LogP contribution in [0.1, 0.15) is 24.8 Å². The van der Waals surface area contributed by atoms with E-state index in [9.17, 15) is 14.7 Å². The molecule has 0 aliphatic carbocycles. The van der Waals surface area contributed by atoms with E-state index in [0.717, 1.165) is 18.4 Å². The maximum atomic E-state index is 12.1. The maximum Gasteiger partial charge on any atom is 0.321 e. The first-order valence-corrected chi connectivity index (χ1v) is 7.97. The summed E-state index contributed by atoms with van der Waals surface area (Å²) in [6, 6.07) is 4.22. The predicted molar refractivity (Wildman–Crippen MR) is 87.8 cm³/mol. The Labute approximate surface area is 140 Å². The number of amides is 1. The minimum atomic E-state index is -1.05. The van der Waals surface area contributed by atoms with E-state index >= 15 is 0 Å². The highest BCUT2D eigenvalue weighted by atomic mass is 35.5. The summed E-state index contributed by atoms with van der Waals surface area (Å²) in [5.41, 5.74) is 1.45. The van der Waals surface area contributed by atoms with Gasteiger partial charge in [0.05, 0.1) is 12.5 Å². The third-order valence-corrected chi connectivity index (χ3v) is 4.01. The first-order chi connectivity index (χ1) is 11.0. The lowest BCUT2D eigenvalue weighted by molar-refractivity contribution is -0.141. The fourth-order valence-electron chi connectivity index (χ4n) is 2.44. The van der Waals surface area contributed by atoms with Crippen LogP contribution in [0, 0.1) is 6.92 Å². The normalized spacial score (nSPS) is 18.6. The van der Waals surface area contributed by atoms with Crippen molar-refractivity contribution in [3.63, 3.8) is 0 Å². The van der Waals surface area contributed by atoms with Gasteiger partial charge in [-0.15, -0.1) is 0 Å². The van der Waals surface area contributed by atoms with Crippen LogP contribution in [-0.2, 0) is 14.3 Å². The third-order valence-electron chi connectivity index (χ3n) is 3.78. The largest absolute Gasteiger partial charge is 0.480 e. The monoisotopic (exact) mass is 340 g/mol. The molecule has 2 unspecified atom stereocenters. The Morgan fingerprint density at radius 2 is 2.26 bits per heavy atom. The number of hydrogen-bond acceptors (Lipinski definition) is 4. The second kappa shape index (κ2) is 8.29. The zero-order valence-corrected chi connectivity index (χ0v) is 13.7. The van der Waals surface area contributed by atoms with Crippen LogP contribution in [0.2, 0.25) is 5.02 Å². The summed E-state index contributed by atoms with van der Waals surface area (Å²) in [5, 5.41) is 15.4. The molecule has 1 amide bonds. The second-order valence-corrected chi connectivity index (χ2v) is 6.08. The molecular weight excluding hydrogens is 320 g/mol. The Kier molecular flexibility index (Phi) is 6.38. The maximum absolute atomic E-state index is 12.1. The number of halogens is 1. The van der Waals surface area contributed by atoms with Gasteiger partial charge in [-0.05, 0) is 37.5 Å². The Morgan fingerprint density at radius 3 is 2.91 bits per heavy atom. The van der Waals surface area contributed by atoms with Gasteiger partial charge in [0.15, 0.2) is 0 Å². The van der Waals surface area contributed by atoms with Crippen LogP contribution in [0.25, 0.3) is 0 Å². The highest BCUT2D eigenvalue weighted by molar-refractivity contribution is 6.31. The minimum absolute atomic E-state index is 0.0232. The van der Waals surface area contributed by atoms with Crippen LogP contribution < -0.4 is 10.6 Å². The molecule has 0 spiro atoms. The Balaban J connectivity index is 1.89. The molecule has 126 valence electrons. The standard InChI is InChI=1S/C16H21ClN2O4/c1-10-4-5-11(17)7-13(10)19-15(20)8-14(16(21)22)18-9-12-3-2-6-23-12/h4-5,7,12,14,18H,2-3,6,8-9H2,1H3,(H,19,20)(H,21,22). The van der Waals surface area contributed by atoms with E-state index in [1.54, 1.807) is 18.2 Å². The average molecular weight is 341 g/mol. The van der Waals surface area contributed by atoms with Crippen molar-refractivity contribution >= 4 is 29.2 Å². The molecule has 1 saturated heterocycles. The van der Waals surface area contributed by atoms with Crippen molar-refractivity contribution in [3.8, 4) is 0 Å². The first kappa shape index (κ1) is 17.7. The van der Waals surface area contributed by atoms with E-state index in [4.69, 9.17) is 16.3 Å². The van der Waals surface area contributed by atoms with Crippen molar-refractivity contribution in [1.82, 2.24) is 5.32 Å². The minimum Gasteiger partial charge on any atom is -0.480 e. The molecule has 1 aromatic carbocycles. The number of carboxylic acid groups (broad SMARTS) is 1. The van der Waals surface area contributed by atoms with Gasteiger partial charge >= 0.3 is 5.97 Å². The van der Waals surface area contributed by atoms with Crippen molar-refractivity contribution in [2.45, 2.75) is 38.3 Å². The SMILES string of the molecule is Cc1ccc(Cl)cc1NC(=O)CC(NCC1CCCO1)C(=O)O. The molecule has 2 rings (SSSR count). The number of carbonyl (C=O) groups excluding carboxylic acids is 1. The number of carbonyl (C=O) groups is 2. The highest BCUT2D eigenvalue weighted by Gasteiger charge is 2.24. The summed E-state index contributed by atoms with van der Waals surface area (Å²) in [4.78, 5) is 23.4. The number of aliphatic carboxylic acids is 1. The third kappa shape index (κ3) is 5.49. The molecule has 1 fully saturated rings. The van der Waals surface area contributed by atoms with E-state index in [0.29, 0.717) is 23.9 Å². The number of nitrogens with one attached hydrogen (secondary N) is 2. The number of benzene rings is 1. The number of aryl methyl sites for hydroxylation is 1. The molecule has 0 radical (unpaired) electrons. The molecule has 2 atom stereocenters. The smallest absolute Gasteiger partial charge is 0.321 e. The van der Waals surface area contributed by atoms with Crippen LogP contribution in [0.5, 0.6) is 0 Å². The topological polar surface area (TPSA) is 87.7 Å². The van der Waals surface area contributed by atoms with Gasteiger partial charge in [-0.1, -0.05) is 17.7 Å². The number of ether oxygens (including phenoxy) is 1. The molecule has 0 saturated carbocycles. The van der Waals surface area contributed by atoms with E-state index < -0.39 is 12.0 Å². The fraction of sp³-hybridized carbons (Fsp3) is 0.500.